The van der Waals surface area contributed by atoms with Crippen molar-refractivity contribution in [3.8, 4) is 11.5 Å². The van der Waals surface area contributed by atoms with Crippen LogP contribution in [0.4, 0.5) is 0 Å². The number of hydrogen-bond donors (Lipinski definition) is 1. The molecule has 0 aliphatic rings. The molecule has 0 aliphatic carbocycles. The lowest BCUT2D eigenvalue weighted by atomic mass is 10.1. The molecule has 2 aromatic rings. The zero-order valence-corrected chi connectivity index (χ0v) is 14.3. The molecule has 0 aromatic heterocycles. The Balaban J connectivity index is 1.88. The van der Waals surface area contributed by atoms with Crippen LogP contribution in [0, 0.1) is 0 Å². The summed E-state index contributed by atoms with van der Waals surface area (Å²) in [6.45, 7) is 8.46. The van der Waals surface area contributed by atoms with Gasteiger partial charge in [-0.2, -0.15) is 0 Å². The summed E-state index contributed by atoms with van der Waals surface area (Å²) in [4.78, 5) is 0. The topological polar surface area (TPSA) is 30.5 Å². The summed E-state index contributed by atoms with van der Waals surface area (Å²) in [7, 11) is 0. The smallest absolute Gasteiger partial charge is 0.161 e. The van der Waals surface area contributed by atoms with Gasteiger partial charge in [-0.05, 0) is 57.0 Å². The van der Waals surface area contributed by atoms with E-state index in [4.69, 9.17) is 9.47 Å². The highest BCUT2D eigenvalue weighted by Crippen LogP contribution is 2.29. The number of benzene rings is 2. The van der Waals surface area contributed by atoms with Crippen LogP contribution >= 0.6 is 0 Å². The maximum Gasteiger partial charge on any atom is 0.161 e. The summed E-state index contributed by atoms with van der Waals surface area (Å²) in [5, 5.41) is 3.48. The summed E-state index contributed by atoms with van der Waals surface area (Å²) in [6.07, 6.45) is 1.18. The molecule has 3 heteroatoms. The largest absolute Gasteiger partial charge is 0.490 e. The van der Waals surface area contributed by atoms with Gasteiger partial charge in [0.1, 0.15) is 0 Å². The first-order valence-corrected chi connectivity index (χ1v) is 8.36. The van der Waals surface area contributed by atoms with E-state index in [0.717, 1.165) is 31.0 Å². The van der Waals surface area contributed by atoms with E-state index in [9.17, 15) is 0 Å². The number of ether oxygens (including phenoxy) is 2. The van der Waals surface area contributed by atoms with Crippen LogP contribution in [0.5, 0.6) is 11.5 Å². The summed E-state index contributed by atoms with van der Waals surface area (Å²) in [5.74, 6) is 1.64. The maximum atomic E-state index is 5.79. The van der Waals surface area contributed by atoms with Crippen molar-refractivity contribution in [3.63, 3.8) is 0 Å². The highest BCUT2D eigenvalue weighted by molar-refractivity contribution is 5.43. The van der Waals surface area contributed by atoms with Gasteiger partial charge in [-0.25, -0.2) is 0 Å². The van der Waals surface area contributed by atoms with E-state index in [1.165, 1.54) is 11.1 Å². The van der Waals surface area contributed by atoms with E-state index >= 15 is 0 Å². The number of rotatable bonds is 9. The lowest BCUT2D eigenvalue weighted by Gasteiger charge is -2.15. The van der Waals surface area contributed by atoms with Gasteiger partial charge in [-0.3, -0.25) is 0 Å². The summed E-state index contributed by atoms with van der Waals surface area (Å²) in [6, 6.07) is 16.7. The third-order valence-electron chi connectivity index (χ3n) is 3.43. The van der Waals surface area contributed by atoms with Gasteiger partial charge in [0.25, 0.3) is 0 Å². The first-order chi connectivity index (χ1) is 11.2. The monoisotopic (exact) mass is 313 g/mol. The van der Waals surface area contributed by atoms with Crippen molar-refractivity contribution in [2.75, 3.05) is 13.2 Å². The van der Waals surface area contributed by atoms with E-state index in [1.54, 1.807) is 0 Å². The Kier molecular flexibility index (Phi) is 6.95. The quantitative estimate of drug-likeness (QED) is 0.704. The Labute approximate surface area is 139 Å². The van der Waals surface area contributed by atoms with Gasteiger partial charge < -0.3 is 14.8 Å². The molecular weight excluding hydrogens is 286 g/mol. The Morgan fingerprint density at radius 3 is 2.43 bits per heavy atom. The van der Waals surface area contributed by atoms with Crippen LogP contribution < -0.4 is 14.8 Å². The van der Waals surface area contributed by atoms with Gasteiger partial charge in [0, 0.05) is 6.54 Å². The maximum absolute atomic E-state index is 5.79. The zero-order chi connectivity index (χ0) is 16.5. The molecule has 0 aliphatic heterocycles. The second-order valence-electron chi connectivity index (χ2n) is 5.79. The number of nitrogens with one attached hydrogen (secondary N) is 1. The Morgan fingerprint density at radius 2 is 1.74 bits per heavy atom. The average molecular weight is 313 g/mol. The molecule has 0 fully saturated rings. The lowest BCUT2D eigenvalue weighted by Crippen LogP contribution is -2.17. The second-order valence-corrected chi connectivity index (χ2v) is 5.79. The molecule has 0 amide bonds. The van der Waals surface area contributed by atoms with Crippen molar-refractivity contribution in [2.45, 2.75) is 39.8 Å². The van der Waals surface area contributed by atoms with Crippen LogP contribution in [0.15, 0.2) is 48.5 Å². The van der Waals surface area contributed by atoms with E-state index < -0.39 is 0 Å². The van der Waals surface area contributed by atoms with Crippen molar-refractivity contribution in [2.24, 2.45) is 0 Å². The predicted molar refractivity (Wildman–Crippen MR) is 95.2 cm³/mol. The minimum Gasteiger partial charge on any atom is -0.490 e. The molecule has 124 valence electrons. The van der Waals surface area contributed by atoms with Gasteiger partial charge in [-0.15, -0.1) is 0 Å². The fourth-order valence-corrected chi connectivity index (χ4v) is 2.39. The van der Waals surface area contributed by atoms with E-state index in [2.05, 4.69) is 41.7 Å². The Morgan fingerprint density at radius 1 is 0.957 bits per heavy atom. The van der Waals surface area contributed by atoms with Crippen LogP contribution in [-0.4, -0.2) is 19.3 Å². The fourth-order valence-electron chi connectivity index (χ4n) is 2.39. The first-order valence-electron chi connectivity index (χ1n) is 8.36. The highest BCUT2D eigenvalue weighted by Gasteiger charge is 2.08. The van der Waals surface area contributed by atoms with Crippen molar-refractivity contribution < 1.29 is 9.47 Å². The summed E-state index contributed by atoms with van der Waals surface area (Å²) in [5.41, 5.74) is 2.56. The molecule has 0 saturated carbocycles. The van der Waals surface area contributed by atoms with Crippen LogP contribution in [0.3, 0.4) is 0 Å². The minimum absolute atomic E-state index is 0.143. The van der Waals surface area contributed by atoms with Gasteiger partial charge >= 0.3 is 0 Å². The van der Waals surface area contributed by atoms with Gasteiger partial charge in [-0.1, -0.05) is 36.4 Å². The Bertz CT molecular complexity index is 581. The molecule has 2 rings (SSSR count). The third-order valence-corrected chi connectivity index (χ3v) is 3.43. The summed E-state index contributed by atoms with van der Waals surface area (Å²) >= 11 is 0. The molecule has 1 N–H and O–H groups in total. The normalized spacial score (nSPS) is 10.8. The molecular formula is C20H27NO2. The molecule has 0 bridgehead atoms. The van der Waals surface area contributed by atoms with Crippen LogP contribution in [0.2, 0.25) is 0 Å². The van der Waals surface area contributed by atoms with Crippen LogP contribution in [-0.2, 0) is 13.0 Å². The van der Waals surface area contributed by atoms with E-state index in [-0.39, 0.29) is 6.10 Å². The first kappa shape index (κ1) is 17.4. The van der Waals surface area contributed by atoms with Crippen LogP contribution in [0.25, 0.3) is 0 Å². The molecule has 0 radical (unpaired) electrons. The average Bonchev–Trinajstić information content (AvgIpc) is 2.55. The van der Waals surface area contributed by atoms with Gasteiger partial charge in [0.2, 0.25) is 0 Å². The Hall–Kier alpha value is -2.00. The molecule has 0 saturated heterocycles. The third kappa shape index (κ3) is 5.95. The molecule has 0 heterocycles. The molecule has 0 atom stereocenters. The van der Waals surface area contributed by atoms with Crippen LogP contribution in [0.1, 0.15) is 31.9 Å². The highest BCUT2D eigenvalue weighted by atomic mass is 16.5. The second kappa shape index (κ2) is 9.21. The molecule has 0 unspecified atom stereocenters. The standard InChI is InChI=1S/C20H27NO2/c1-4-22-20-14-18(10-11-19(20)23-16(2)3)15-21-13-12-17-8-6-5-7-9-17/h5-11,14,16,21H,4,12-13,15H2,1-3H3. The molecule has 2 aromatic carbocycles. The summed E-state index contributed by atoms with van der Waals surface area (Å²) < 4.78 is 11.5. The minimum atomic E-state index is 0.143. The molecule has 23 heavy (non-hydrogen) atoms. The number of hydrogen-bond acceptors (Lipinski definition) is 3. The van der Waals surface area contributed by atoms with Crippen molar-refractivity contribution in [3.05, 3.63) is 59.7 Å². The van der Waals surface area contributed by atoms with E-state index in [1.807, 2.05) is 32.9 Å². The van der Waals surface area contributed by atoms with E-state index in [0.29, 0.717) is 6.61 Å². The fraction of sp³-hybridized carbons (Fsp3) is 0.400. The molecule has 3 nitrogen and oxygen atoms in total. The predicted octanol–water partition coefficient (Wildman–Crippen LogP) is 4.20. The SMILES string of the molecule is CCOc1cc(CNCCc2ccccc2)ccc1OC(C)C. The van der Waals surface area contributed by atoms with Gasteiger partial charge in [0.15, 0.2) is 11.5 Å². The van der Waals surface area contributed by atoms with Gasteiger partial charge in [0.05, 0.1) is 12.7 Å². The van der Waals surface area contributed by atoms with Crippen molar-refractivity contribution >= 4 is 0 Å². The van der Waals surface area contributed by atoms with Crippen molar-refractivity contribution in [1.82, 2.24) is 5.32 Å². The lowest BCUT2D eigenvalue weighted by molar-refractivity contribution is 0.223. The molecule has 0 spiro atoms. The van der Waals surface area contributed by atoms with Crippen molar-refractivity contribution in [1.29, 1.82) is 0 Å². The zero-order valence-electron chi connectivity index (χ0n) is 14.3.